The lowest BCUT2D eigenvalue weighted by atomic mass is 10.2. The molecule has 0 aliphatic heterocycles. The highest BCUT2D eigenvalue weighted by Gasteiger charge is 2.23. The van der Waals surface area contributed by atoms with E-state index in [0.29, 0.717) is 24.5 Å². The smallest absolute Gasteiger partial charge is 0.324 e. The second-order valence-corrected chi connectivity index (χ2v) is 6.24. The highest BCUT2D eigenvalue weighted by molar-refractivity contribution is 7.80. The van der Waals surface area contributed by atoms with Gasteiger partial charge in [0.25, 0.3) is 0 Å². The number of rotatable bonds is 8. The van der Waals surface area contributed by atoms with Crippen molar-refractivity contribution >= 4 is 21.9 Å². The van der Waals surface area contributed by atoms with Crippen molar-refractivity contribution in [1.82, 2.24) is 0 Å². The highest BCUT2D eigenvalue weighted by Crippen LogP contribution is 2.19. The normalized spacial score (nSPS) is 15.9. The molecule has 3 nitrogen and oxygen atoms in total. The molecule has 0 saturated heterocycles. The molecule has 5 heteroatoms. The van der Waals surface area contributed by atoms with E-state index in [1.165, 1.54) is 0 Å². The van der Waals surface area contributed by atoms with Crippen LogP contribution in [0, 0.1) is 0 Å². The maximum Gasteiger partial charge on any atom is 0.324 e. The van der Waals surface area contributed by atoms with Gasteiger partial charge < -0.3 is 14.0 Å². The Hall–Kier alpha value is 0.447. The van der Waals surface area contributed by atoms with Crippen molar-refractivity contribution < 1.29 is 14.0 Å². The molecule has 2 atom stereocenters. The quantitative estimate of drug-likeness (QED) is 0.495. The van der Waals surface area contributed by atoms with Crippen molar-refractivity contribution in [2.24, 2.45) is 0 Å². The maximum atomic E-state index is 9.45. The molecular formula is C9H22O3SSi. The third-order valence-electron chi connectivity index (χ3n) is 1.98. The fraction of sp³-hybridized carbons (Fsp3) is 1.00. The topological polar surface area (TPSA) is 38.7 Å². The number of aliphatic hydroxyl groups excluding tert-OH is 1. The second kappa shape index (κ2) is 8.73. The third kappa shape index (κ3) is 6.03. The zero-order chi connectivity index (χ0) is 11.0. The Labute approximate surface area is 94.1 Å². The predicted octanol–water partition coefficient (Wildman–Crippen LogP) is 1.35. The average molecular weight is 238 g/mol. The Morgan fingerprint density at radius 3 is 2.14 bits per heavy atom. The van der Waals surface area contributed by atoms with Gasteiger partial charge in [-0.15, -0.1) is 0 Å². The molecule has 0 bridgehead atoms. The monoisotopic (exact) mass is 238 g/mol. The van der Waals surface area contributed by atoms with E-state index in [-0.39, 0.29) is 6.10 Å². The summed E-state index contributed by atoms with van der Waals surface area (Å²) in [4.78, 5) is 0. The van der Waals surface area contributed by atoms with Gasteiger partial charge in [-0.3, -0.25) is 0 Å². The molecule has 1 N–H and O–H groups in total. The Kier molecular flexibility index (Phi) is 9.01. The summed E-state index contributed by atoms with van der Waals surface area (Å²) >= 11 is 4.05. The summed E-state index contributed by atoms with van der Waals surface area (Å²) in [5.41, 5.74) is 0.331. The Bertz CT molecular complexity index is 131. The average Bonchev–Trinajstić information content (AvgIpc) is 2.17. The van der Waals surface area contributed by atoms with Gasteiger partial charge in [-0.25, -0.2) is 0 Å². The second-order valence-electron chi connectivity index (χ2n) is 3.33. The summed E-state index contributed by atoms with van der Waals surface area (Å²) in [5, 5.41) is 9.45. The van der Waals surface area contributed by atoms with Crippen LogP contribution in [0.4, 0.5) is 0 Å². The first kappa shape index (κ1) is 14.4. The fourth-order valence-electron chi connectivity index (χ4n) is 1.32. The van der Waals surface area contributed by atoms with Crippen LogP contribution >= 0.6 is 12.6 Å². The molecule has 2 unspecified atom stereocenters. The minimum atomic E-state index is -1.59. The summed E-state index contributed by atoms with van der Waals surface area (Å²) in [5.74, 6) is 0.504. The van der Waals surface area contributed by atoms with E-state index in [4.69, 9.17) is 8.85 Å². The fourth-order valence-corrected chi connectivity index (χ4v) is 3.42. The zero-order valence-electron chi connectivity index (χ0n) is 9.27. The van der Waals surface area contributed by atoms with Gasteiger partial charge in [-0.1, -0.05) is 6.92 Å². The summed E-state index contributed by atoms with van der Waals surface area (Å²) < 4.78 is 11.1. The van der Waals surface area contributed by atoms with Crippen LogP contribution in [0.3, 0.4) is 0 Å². The lowest BCUT2D eigenvalue weighted by Crippen LogP contribution is -2.30. The molecule has 0 aromatic carbocycles. The van der Waals surface area contributed by atoms with Crippen LogP contribution < -0.4 is 0 Å². The summed E-state index contributed by atoms with van der Waals surface area (Å²) in [6, 6.07) is 0. The summed E-state index contributed by atoms with van der Waals surface area (Å²) in [7, 11) is -1.59. The standard InChI is InChI=1S/C9H22O3SSi/c1-4-11-14(12-5-2)8(3)6-9(10)7-13/h8-10,13-14H,4-7H2,1-3H3. The first-order valence-electron chi connectivity index (χ1n) is 5.17. The summed E-state index contributed by atoms with van der Waals surface area (Å²) in [6.07, 6.45) is 0.379. The largest absolute Gasteiger partial charge is 0.397 e. The van der Waals surface area contributed by atoms with Crippen LogP contribution in [0.1, 0.15) is 27.2 Å². The molecule has 0 spiro atoms. The SMILES string of the molecule is CCO[SiH](OCC)C(C)CC(O)CS. The molecule has 0 amide bonds. The molecule has 0 fully saturated rings. The van der Waals surface area contributed by atoms with Gasteiger partial charge in [0.2, 0.25) is 0 Å². The number of aliphatic hydroxyl groups is 1. The molecule has 0 rings (SSSR count). The number of hydrogen-bond donors (Lipinski definition) is 2. The van der Waals surface area contributed by atoms with Crippen LogP contribution in [0.15, 0.2) is 0 Å². The predicted molar refractivity (Wildman–Crippen MR) is 64.3 cm³/mol. The molecule has 0 radical (unpaired) electrons. The van der Waals surface area contributed by atoms with Crippen molar-refractivity contribution in [2.45, 2.75) is 38.8 Å². The van der Waals surface area contributed by atoms with E-state index in [9.17, 15) is 5.11 Å². The molecule has 0 aliphatic carbocycles. The van der Waals surface area contributed by atoms with Crippen LogP contribution in [-0.2, 0) is 8.85 Å². The molecule has 86 valence electrons. The van der Waals surface area contributed by atoms with Gasteiger partial charge in [0.05, 0.1) is 6.10 Å². The van der Waals surface area contributed by atoms with E-state index in [1.54, 1.807) is 0 Å². The van der Waals surface area contributed by atoms with Crippen molar-refractivity contribution in [3.05, 3.63) is 0 Å². The van der Waals surface area contributed by atoms with Crippen LogP contribution in [0.25, 0.3) is 0 Å². The van der Waals surface area contributed by atoms with Gasteiger partial charge in [0, 0.05) is 19.0 Å². The Morgan fingerprint density at radius 2 is 1.79 bits per heavy atom. The first-order valence-corrected chi connectivity index (χ1v) is 7.41. The minimum absolute atomic E-state index is 0.331. The minimum Gasteiger partial charge on any atom is -0.397 e. The number of hydrogen-bond acceptors (Lipinski definition) is 4. The van der Waals surface area contributed by atoms with E-state index >= 15 is 0 Å². The van der Waals surface area contributed by atoms with Gasteiger partial charge in [-0.05, 0) is 25.8 Å². The molecule has 0 aromatic heterocycles. The Balaban J connectivity index is 3.92. The molecule has 0 saturated carbocycles. The molecular weight excluding hydrogens is 216 g/mol. The summed E-state index contributed by atoms with van der Waals surface area (Å²) in [6.45, 7) is 7.41. The number of thiol groups is 1. The maximum absolute atomic E-state index is 9.45. The van der Waals surface area contributed by atoms with Crippen molar-refractivity contribution in [2.75, 3.05) is 19.0 Å². The van der Waals surface area contributed by atoms with Crippen LogP contribution in [0.2, 0.25) is 5.54 Å². The molecule has 14 heavy (non-hydrogen) atoms. The van der Waals surface area contributed by atoms with Gasteiger partial charge in [-0.2, -0.15) is 12.6 Å². The molecule has 0 heterocycles. The van der Waals surface area contributed by atoms with Crippen molar-refractivity contribution in [3.63, 3.8) is 0 Å². The third-order valence-corrected chi connectivity index (χ3v) is 4.93. The molecule has 0 aliphatic rings. The van der Waals surface area contributed by atoms with Crippen molar-refractivity contribution in [3.8, 4) is 0 Å². The van der Waals surface area contributed by atoms with E-state index in [1.807, 2.05) is 13.8 Å². The van der Waals surface area contributed by atoms with Gasteiger partial charge >= 0.3 is 9.28 Å². The van der Waals surface area contributed by atoms with Crippen LogP contribution in [-0.4, -0.2) is 39.5 Å². The van der Waals surface area contributed by atoms with Crippen LogP contribution in [0.5, 0.6) is 0 Å². The molecule has 0 aromatic rings. The first-order chi connectivity index (χ1) is 6.65. The Morgan fingerprint density at radius 1 is 1.29 bits per heavy atom. The van der Waals surface area contributed by atoms with Gasteiger partial charge in [0.1, 0.15) is 0 Å². The van der Waals surface area contributed by atoms with E-state index < -0.39 is 9.28 Å². The zero-order valence-corrected chi connectivity index (χ0v) is 11.3. The lowest BCUT2D eigenvalue weighted by molar-refractivity contribution is 0.165. The van der Waals surface area contributed by atoms with E-state index in [0.717, 1.165) is 6.42 Å². The van der Waals surface area contributed by atoms with E-state index in [2.05, 4.69) is 19.6 Å². The lowest BCUT2D eigenvalue weighted by Gasteiger charge is -2.22. The van der Waals surface area contributed by atoms with Crippen molar-refractivity contribution in [1.29, 1.82) is 0 Å². The highest BCUT2D eigenvalue weighted by atomic mass is 32.1. The van der Waals surface area contributed by atoms with Gasteiger partial charge in [0.15, 0.2) is 0 Å².